The van der Waals surface area contributed by atoms with Gasteiger partial charge in [0.2, 0.25) is 0 Å². The highest BCUT2D eigenvalue weighted by Crippen LogP contribution is 2.24. The first-order valence-corrected chi connectivity index (χ1v) is 7.89. The Morgan fingerprint density at radius 1 is 1.35 bits per heavy atom. The highest BCUT2D eigenvalue weighted by molar-refractivity contribution is 5.90. The molecule has 0 atom stereocenters. The molecule has 0 amide bonds. The van der Waals surface area contributed by atoms with E-state index in [9.17, 15) is 4.79 Å². The number of esters is 1. The van der Waals surface area contributed by atoms with Crippen molar-refractivity contribution in [3.8, 4) is 0 Å². The van der Waals surface area contributed by atoms with Crippen LogP contribution in [0.3, 0.4) is 0 Å². The number of rotatable bonds is 5. The molecule has 1 aliphatic rings. The van der Waals surface area contributed by atoms with Crippen LogP contribution >= 0.6 is 0 Å². The summed E-state index contributed by atoms with van der Waals surface area (Å²) in [5, 5.41) is 0. The molecule has 0 bridgehead atoms. The van der Waals surface area contributed by atoms with Gasteiger partial charge in [-0.2, -0.15) is 0 Å². The topological polar surface area (TPSA) is 68.5 Å². The van der Waals surface area contributed by atoms with Crippen molar-refractivity contribution in [1.29, 1.82) is 0 Å². The molecular formula is C17H21N3O3. The van der Waals surface area contributed by atoms with E-state index in [1.807, 2.05) is 6.07 Å². The largest absolute Gasteiger partial charge is 0.468 e. The average Bonchev–Trinajstić information content (AvgIpc) is 3.05. The zero-order valence-electron chi connectivity index (χ0n) is 13.3. The van der Waals surface area contributed by atoms with E-state index in [-0.39, 0.29) is 5.97 Å². The summed E-state index contributed by atoms with van der Waals surface area (Å²) in [6, 6.07) is 3.51. The summed E-state index contributed by atoms with van der Waals surface area (Å²) in [5.74, 6) is 1.80. The molecule has 23 heavy (non-hydrogen) atoms. The van der Waals surface area contributed by atoms with Gasteiger partial charge in [-0.25, -0.2) is 14.8 Å². The van der Waals surface area contributed by atoms with Crippen LogP contribution in [0.15, 0.2) is 35.2 Å². The molecule has 0 spiro atoms. The highest BCUT2D eigenvalue weighted by Gasteiger charge is 2.24. The van der Waals surface area contributed by atoms with Crippen molar-refractivity contribution in [2.75, 3.05) is 20.2 Å². The van der Waals surface area contributed by atoms with Crippen LogP contribution in [0, 0.1) is 5.92 Å². The lowest BCUT2D eigenvalue weighted by Crippen LogP contribution is -2.34. The quantitative estimate of drug-likeness (QED) is 0.789. The normalized spacial score (nSPS) is 16.4. The van der Waals surface area contributed by atoms with Crippen molar-refractivity contribution < 1.29 is 13.9 Å². The highest BCUT2D eigenvalue weighted by atomic mass is 16.5. The monoisotopic (exact) mass is 315 g/mol. The van der Waals surface area contributed by atoms with Gasteiger partial charge in [0.05, 0.1) is 19.9 Å². The molecule has 2 aromatic rings. The molecule has 1 saturated heterocycles. The number of ether oxygens (including phenoxy) is 1. The number of nitrogens with zero attached hydrogens (tertiary/aromatic N) is 3. The molecule has 1 aliphatic heterocycles. The van der Waals surface area contributed by atoms with Crippen LogP contribution in [0.2, 0.25) is 0 Å². The standard InChI is InChI=1S/C17H21N3O3/c1-22-17(21)14-5-10-23-15(14)11-13-3-8-20(9-4-13)12-16-18-6-2-7-19-16/h2,5-7,10,13H,3-4,8-9,11-12H2,1H3. The van der Waals surface area contributed by atoms with Gasteiger partial charge in [-0.3, -0.25) is 4.90 Å². The third kappa shape index (κ3) is 3.96. The number of hydrogen-bond acceptors (Lipinski definition) is 6. The number of hydrogen-bond donors (Lipinski definition) is 0. The van der Waals surface area contributed by atoms with Crippen molar-refractivity contribution in [3.05, 3.63) is 47.9 Å². The Kier molecular flexibility index (Phi) is 5.02. The minimum atomic E-state index is -0.326. The van der Waals surface area contributed by atoms with Crippen molar-refractivity contribution in [1.82, 2.24) is 14.9 Å². The molecule has 3 rings (SSSR count). The molecule has 122 valence electrons. The molecule has 0 N–H and O–H groups in total. The van der Waals surface area contributed by atoms with Gasteiger partial charge in [0.1, 0.15) is 17.1 Å². The lowest BCUT2D eigenvalue weighted by Gasteiger charge is -2.31. The SMILES string of the molecule is COC(=O)c1ccoc1CC1CCN(Cc2ncccn2)CC1. The summed E-state index contributed by atoms with van der Waals surface area (Å²) in [4.78, 5) is 22.6. The van der Waals surface area contributed by atoms with Crippen LogP contribution < -0.4 is 0 Å². The van der Waals surface area contributed by atoms with E-state index >= 15 is 0 Å². The Balaban J connectivity index is 1.52. The molecule has 0 radical (unpaired) electrons. The maximum Gasteiger partial charge on any atom is 0.341 e. The minimum Gasteiger partial charge on any atom is -0.468 e. The zero-order chi connectivity index (χ0) is 16.1. The molecule has 0 aliphatic carbocycles. The summed E-state index contributed by atoms with van der Waals surface area (Å²) < 4.78 is 10.3. The molecule has 0 saturated carbocycles. The summed E-state index contributed by atoms with van der Waals surface area (Å²) in [5.41, 5.74) is 0.549. The van der Waals surface area contributed by atoms with E-state index in [4.69, 9.17) is 9.15 Å². The van der Waals surface area contributed by atoms with E-state index in [2.05, 4.69) is 14.9 Å². The second-order valence-corrected chi connectivity index (χ2v) is 5.84. The maximum atomic E-state index is 11.7. The number of aromatic nitrogens is 2. The first kappa shape index (κ1) is 15.7. The number of carbonyl (C=O) groups is 1. The van der Waals surface area contributed by atoms with Crippen LogP contribution in [0.1, 0.15) is 34.8 Å². The molecular weight excluding hydrogens is 294 g/mol. The number of carbonyl (C=O) groups excluding carboxylic acids is 1. The minimum absolute atomic E-state index is 0.326. The number of likely N-dealkylation sites (tertiary alicyclic amines) is 1. The fourth-order valence-corrected chi connectivity index (χ4v) is 3.01. The van der Waals surface area contributed by atoms with Crippen molar-refractivity contribution >= 4 is 5.97 Å². The van der Waals surface area contributed by atoms with E-state index < -0.39 is 0 Å². The van der Waals surface area contributed by atoms with Crippen LogP contribution in [0.5, 0.6) is 0 Å². The first-order chi connectivity index (χ1) is 11.3. The van der Waals surface area contributed by atoms with Gasteiger partial charge in [-0.15, -0.1) is 0 Å². The van der Waals surface area contributed by atoms with Gasteiger partial charge in [0, 0.05) is 18.8 Å². The summed E-state index contributed by atoms with van der Waals surface area (Å²) in [7, 11) is 1.39. The average molecular weight is 315 g/mol. The van der Waals surface area contributed by atoms with Crippen LogP contribution in [-0.2, 0) is 17.7 Å². The van der Waals surface area contributed by atoms with Gasteiger partial charge in [-0.05, 0) is 44.0 Å². The molecule has 2 aromatic heterocycles. The zero-order valence-corrected chi connectivity index (χ0v) is 13.3. The summed E-state index contributed by atoms with van der Waals surface area (Å²) in [6.45, 7) is 2.82. The third-order valence-electron chi connectivity index (χ3n) is 4.32. The summed E-state index contributed by atoms with van der Waals surface area (Å²) in [6.07, 6.45) is 8.06. The number of furan rings is 1. The predicted molar refractivity (Wildman–Crippen MR) is 83.8 cm³/mol. The van der Waals surface area contributed by atoms with Crippen LogP contribution in [0.4, 0.5) is 0 Å². The van der Waals surface area contributed by atoms with E-state index in [0.29, 0.717) is 11.5 Å². The van der Waals surface area contributed by atoms with Crippen molar-refractivity contribution in [3.63, 3.8) is 0 Å². The summed E-state index contributed by atoms with van der Waals surface area (Å²) >= 11 is 0. The van der Waals surface area contributed by atoms with Gasteiger partial charge >= 0.3 is 5.97 Å². The molecule has 1 fully saturated rings. The Bertz CT molecular complexity index is 634. The van der Waals surface area contributed by atoms with E-state index in [1.54, 1.807) is 24.7 Å². The van der Waals surface area contributed by atoms with Crippen molar-refractivity contribution in [2.24, 2.45) is 5.92 Å². The Labute approximate surface area is 135 Å². The van der Waals surface area contributed by atoms with Gasteiger partial charge in [0.15, 0.2) is 0 Å². The van der Waals surface area contributed by atoms with Crippen LogP contribution in [0.25, 0.3) is 0 Å². The lowest BCUT2D eigenvalue weighted by molar-refractivity contribution is 0.0597. The Morgan fingerprint density at radius 2 is 2.09 bits per heavy atom. The second kappa shape index (κ2) is 7.37. The van der Waals surface area contributed by atoms with Gasteiger partial charge in [0.25, 0.3) is 0 Å². The van der Waals surface area contributed by atoms with E-state index in [1.165, 1.54) is 7.11 Å². The lowest BCUT2D eigenvalue weighted by atomic mass is 9.91. The smallest absolute Gasteiger partial charge is 0.341 e. The molecule has 3 heterocycles. The maximum absolute atomic E-state index is 11.7. The molecule has 0 aromatic carbocycles. The Morgan fingerprint density at radius 3 is 2.78 bits per heavy atom. The third-order valence-corrected chi connectivity index (χ3v) is 4.32. The second-order valence-electron chi connectivity index (χ2n) is 5.84. The van der Waals surface area contributed by atoms with Gasteiger partial charge < -0.3 is 9.15 Å². The van der Waals surface area contributed by atoms with E-state index in [0.717, 1.165) is 50.5 Å². The van der Waals surface area contributed by atoms with Crippen LogP contribution in [-0.4, -0.2) is 41.0 Å². The Hall–Kier alpha value is -2.21. The van der Waals surface area contributed by atoms with Gasteiger partial charge in [-0.1, -0.05) is 0 Å². The molecule has 0 unspecified atom stereocenters. The fraction of sp³-hybridized carbons (Fsp3) is 0.471. The predicted octanol–water partition coefficient (Wildman–Crippen LogP) is 2.31. The number of methoxy groups -OCH3 is 1. The fourth-order valence-electron chi connectivity index (χ4n) is 3.01. The molecule has 6 heteroatoms. The first-order valence-electron chi connectivity index (χ1n) is 7.89. The van der Waals surface area contributed by atoms with Crippen molar-refractivity contribution in [2.45, 2.75) is 25.8 Å². The molecule has 6 nitrogen and oxygen atoms in total. The number of piperidine rings is 1.